The maximum atomic E-state index is 12.3. The van der Waals surface area contributed by atoms with E-state index >= 15 is 0 Å². The van der Waals surface area contributed by atoms with Gasteiger partial charge in [0.1, 0.15) is 0 Å². The Balaban J connectivity index is 1.48. The van der Waals surface area contributed by atoms with Gasteiger partial charge in [-0.2, -0.15) is 0 Å². The first-order chi connectivity index (χ1) is 14.9. The summed E-state index contributed by atoms with van der Waals surface area (Å²) in [5, 5.41) is 3.23. The molecule has 2 atom stereocenters. The normalized spacial score (nSPS) is 21.8. The number of sulfone groups is 1. The third kappa shape index (κ3) is 3.88. The van der Waals surface area contributed by atoms with Gasteiger partial charge in [0.15, 0.2) is 20.8 Å². The third-order valence-corrected chi connectivity index (χ3v) is 8.59. The molecule has 0 aromatic heterocycles. The molecule has 2 aliphatic rings. The minimum atomic E-state index is -3.12. The maximum absolute atomic E-state index is 12.3. The second-order valence-corrected chi connectivity index (χ2v) is 11.1. The summed E-state index contributed by atoms with van der Waals surface area (Å²) in [7, 11) is -3.12. The van der Waals surface area contributed by atoms with E-state index in [1.165, 1.54) is 23.3 Å². The molecule has 2 heterocycles. The number of Topliss-reactive ketones (excluding diaryl/α,β-unsaturated/α-hetero) is 1. The highest BCUT2D eigenvalue weighted by atomic mass is 32.2. The van der Waals surface area contributed by atoms with Crippen molar-refractivity contribution in [2.45, 2.75) is 24.8 Å². The Morgan fingerprint density at radius 2 is 1.84 bits per heavy atom. The number of ketones is 1. The number of nitrogens with zero attached hydrogens (tertiary/aromatic N) is 2. The minimum Gasteiger partial charge on any atom is -0.315 e. The molecule has 3 aromatic carbocycles. The van der Waals surface area contributed by atoms with Gasteiger partial charge in [0.05, 0.1) is 23.6 Å². The highest BCUT2D eigenvalue weighted by molar-refractivity contribution is 8.13. The SMILES string of the molecule is CC(=O)c1cccc(N2C(SCc3cccc4ccccc34)=N[C@@H]3CS(=O)(=O)C[C@H]32)c1. The molecule has 0 saturated carbocycles. The third-order valence-electron chi connectivity index (χ3n) is 5.88. The maximum Gasteiger partial charge on any atom is 0.164 e. The van der Waals surface area contributed by atoms with Crippen LogP contribution in [0, 0.1) is 0 Å². The average molecular weight is 451 g/mol. The molecular formula is C24H22N2O3S2. The van der Waals surface area contributed by atoms with E-state index in [9.17, 15) is 13.2 Å². The standard InChI is InChI=1S/C24H22N2O3S2/c1-16(27)18-8-5-10-20(12-18)26-23-15-31(28,29)14-22(23)25-24(26)30-13-19-9-4-7-17-6-2-3-11-21(17)19/h2-12,22-23H,13-15H2,1H3/t22-,23-/m1/s1. The van der Waals surface area contributed by atoms with Gasteiger partial charge in [-0.1, -0.05) is 66.4 Å². The molecule has 5 rings (SSSR count). The van der Waals surface area contributed by atoms with E-state index in [0.29, 0.717) is 5.56 Å². The lowest BCUT2D eigenvalue weighted by Crippen LogP contribution is -2.39. The number of aliphatic imine (C=N–C) groups is 1. The summed E-state index contributed by atoms with van der Waals surface area (Å²) in [6, 6.07) is 21.5. The minimum absolute atomic E-state index is 0.0152. The molecule has 5 nitrogen and oxygen atoms in total. The van der Waals surface area contributed by atoms with Gasteiger partial charge in [-0.3, -0.25) is 9.79 Å². The number of benzene rings is 3. The number of rotatable bonds is 4. The number of anilines is 1. The molecule has 1 saturated heterocycles. The summed E-state index contributed by atoms with van der Waals surface area (Å²) in [5.41, 5.74) is 2.65. The number of carbonyl (C=O) groups excluding carboxylic acids is 1. The van der Waals surface area contributed by atoms with E-state index in [0.717, 1.165) is 16.6 Å². The van der Waals surface area contributed by atoms with E-state index in [2.05, 4.69) is 30.3 Å². The molecule has 31 heavy (non-hydrogen) atoms. The molecule has 0 N–H and O–H groups in total. The van der Waals surface area contributed by atoms with Crippen molar-refractivity contribution in [2.75, 3.05) is 16.4 Å². The number of thioether (sulfide) groups is 1. The van der Waals surface area contributed by atoms with Gasteiger partial charge >= 0.3 is 0 Å². The Kier molecular flexibility index (Phi) is 5.10. The lowest BCUT2D eigenvalue weighted by atomic mass is 10.1. The molecule has 7 heteroatoms. The molecule has 158 valence electrons. The zero-order chi connectivity index (χ0) is 21.6. The van der Waals surface area contributed by atoms with Crippen molar-refractivity contribution in [1.29, 1.82) is 0 Å². The Hall–Kier alpha value is -2.64. The van der Waals surface area contributed by atoms with Crippen LogP contribution in [0.2, 0.25) is 0 Å². The fourth-order valence-electron chi connectivity index (χ4n) is 4.37. The fourth-order valence-corrected chi connectivity index (χ4v) is 7.34. The summed E-state index contributed by atoms with van der Waals surface area (Å²) < 4.78 is 24.5. The van der Waals surface area contributed by atoms with Gasteiger partial charge in [0.25, 0.3) is 0 Å². The lowest BCUT2D eigenvalue weighted by Gasteiger charge is -2.27. The Bertz CT molecular complexity index is 1310. The van der Waals surface area contributed by atoms with Gasteiger partial charge < -0.3 is 4.90 Å². The van der Waals surface area contributed by atoms with E-state index in [1.54, 1.807) is 17.8 Å². The van der Waals surface area contributed by atoms with Gasteiger partial charge in [-0.25, -0.2) is 8.42 Å². The first-order valence-electron chi connectivity index (χ1n) is 10.2. The molecule has 0 radical (unpaired) electrons. The number of hydrogen-bond acceptors (Lipinski definition) is 6. The second-order valence-electron chi connectivity index (χ2n) is 8.03. The first kappa shape index (κ1) is 20.3. The number of fused-ring (bicyclic) bond motifs is 2. The van der Waals surface area contributed by atoms with Crippen molar-refractivity contribution in [1.82, 2.24) is 0 Å². The van der Waals surface area contributed by atoms with Crippen LogP contribution in [0.1, 0.15) is 22.8 Å². The van der Waals surface area contributed by atoms with Gasteiger partial charge in [-0.15, -0.1) is 0 Å². The highest BCUT2D eigenvalue weighted by Gasteiger charge is 2.47. The topological polar surface area (TPSA) is 66.8 Å². The van der Waals surface area contributed by atoms with Crippen LogP contribution in [0.25, 0.3) is 10.8 Å². The Morgan fingerprint density at radius 3 is 2.68 bits per heavy atom. The van der Waals surface area contributed by atoms with Crippen LogP contribution in [0.4, 0.5) is 5.69 Å². The van der Waals surface area contributed by atoms with Crippen LogP contribution in [-0.4, -0.2) is 43.0 Å². The fraction of sp³-hybridized carbons (Fsp3) is 0.250. The van der Waals surface area contributed by atoms with E-state index in [4.69, 9.17) is 4.99 Å². The van der Waals surface area contributed by atoms with Crippen molar-refractivity contribution < 1.29 is 13.2 Å². The van der Waals surface area contributed by atoms with E-state index in [-0.39, 0.29) is 29.4 Å². The molecular weight excluding hydrogens is 428 g/mol. The van der Waals surface area contributed by atoms with Crippen molar-refractivity contribution in [3.63, 3.8) is 0 Å². The zero-order valence-electron chi connectivity index (χ0n) is 17.1. The Morgan fingerprint density at radius 1 is 1.06 bits per heavy atom. The number of amidine groups is 1. The van der Waals surface area contributed by atoms with Gasteiger partial charge in [0, 0.05) is 17.0 Å². The van der Waals surface area contributed by atoms with Crippen molar-refractivity contribution in [2.24, 2.45) is 4.99 Å². The van der Waals surface area contributed by atoms with Crippen LogP contribution in [0.5, 0.6) is 0 Å². The van der Waals surface area contributed by atoms with E-state index in [1.807, 2.05) is 35.2 Å². The summed E-state index contributed by atoms with van der Waals surface area (Å²) in [5.74, 6) is 0.886. The molecule has 0 amide bonds. The summed E-state index contributed by atoms with van der Waals surface area (Å²) in [6.07, 6.45) is 0. The van der Waals surface area contributed by atoms with Crippen LogP contribution in [0.15, 0.2) is 71.7 Å². The van der Waals surface area contributed by atoms with Crippen molar-refractivity contribution in [3.8, 4) is 0 Å². The number of hydrogen-bond donors (Lipinski definition) is 0. The molecule has 2 aliphatic heterocycles. The lowest BCUT2D eigenvalue weighted by molar-refractivity contribution is 0.101. The molecule has 0 bridgehead atoms. The summed E-state index contributed by atoms with van der Waals surface area (Å²) in [4.78, 5) is 18.8. The molecule has 0 spiro atoms. The first-order valence-corrected chi connectivity index (χ1v) is 13.0. The van der Waals surface area contributed by atoms with Crippen LogP contribution in [-0.2, 0) is 15.6 Å². The average Bonchev–Trinajstić information content (AvgIpc) is 3.23. The molecule has 1 fully saturated rings. The highest BCUT2D eigenvalue weighted by Crippen LogP contribution is 2.36. The van der Waals surface area contributed by atoms with Crippen LogP contribution < -0.4 is 4.90 Å². The predicted octanol–water partition coefficient (Wildman–Crippen LogP) is 4.32. The van der Waals surface area contributed by atoms with Crippen molar-refractivity contribution in [3.05, 3.63) is 77.9 Å². The molecule has 0 aliphatic carbocycles. The monoisotopic (exact) mass is 450 g/mol. The van der Waals surface area contributed by atoms with Gasteiger partial charge in [-0.05, 0) is 35.4 Å². The second kappa shape index (κ2) is 7.80. The largest absolute Gasteiger partial charge is 0.315 e. The number of carbonyl (C=O) groups is 1. The zero-order valence-corrected chi connectivity index (χ0v) is 18.7. The van der Waals surface area contributed by atoms with E-state index < -0.39 is 9.84 Å². The quantitative estimate of drug-likeness (QED) is 0.554. The summed E-state index contributed by atoms with van der Waals surface area (Å²) in [6.45, 7) is 1.54. The molecule has 3 aromatic rings. The molecule has 0 unspecified atom stereocenters. The Labute approximate surface area is 186 Å². The van der Waals surface area contributed by atoms with Crippen LogP contribution >= 0.6 is 11.8 Å². The van der Waals surface area contributed by atoms with Crippen LogP contribution in [0.3, 0.4) is 0 Å². The summed E-state index contributed by atoms with van der Waals surface area (Å²) >= 11 is 1.62. The smallest absolute Gasteiger partial charge is 0.164 e. The predicted molar refractivity (Wildman–Crippen MR) is 128 cm³/mol. The van der Waals surface area contributed by atoms with Gasteiger partial charge in [0.2, 0.25) is 0 Å². The van der Waals surface area contributed by atoms with Crippen molar-refractivity contribution >= 4 is 49.0 Å².